The first-order valence-corrected chi connectivity index (χ1v) is 11.4. The average molecular weight is 503 g/mol. The van der Waals surface area contributed by atoms with E-state index in [-0.39, 0.29) is 17.6 Å². The van der Waals surface area contributed by atoms with Gasteiger partial charge in [0.1, 0.15) is 0 Å². The summed E-state index contributed by atoms with van der Waals surface area (Å²) < 4.78 is 0.909. The van der Waals surface area contributed by atoms with Crippen molar-refractivity contribution in [1.82, 2.24) is 10.2 Å². The Morgan fingerprint density at radius 2 is 1.64 bits per heavy atom. The minimum Gasteiger partial charge on any atom is -0.352 e. The molecule has 0 atom stereocenters. The van der Waals surface area contributed by atoms with Crippen molar-refractivity contribution >= 4 is 39.1 Å². The monoisotopic (exact) mass is 502 g/mol. The molecule has 0 bridgehead atoms. The summed E-state index contributed by atoms with van der Waals surface area (Å²) in [6.45, 7) is 3.66. The quantitative estimate of drug-likeness (QED) is 0.528. The fourth-order valence-corrected chi connectivity index (χ4v) is 4.38. The van der Waals surface area contributed by atoms with Crippen molar-refractivity contribution in [2.24, 2.45) is 0 Å². The van der Waals surface area contributed by atoms with Gasteiger partial charge in [0.2, 0.25) is 5.91 Å². The van der Waals surface area contributed by atoms with Crippen LogP contribution in [-0.4, -0.2) is 22.5 Å². The zero-order valence-corrected chi connectivity index (χ0v) is 20.0. The van der Waals surface area contributed by atoms with E-state index in [0.29, 0.717) is 24.4 Å². The van der Waals surface area contributed by atoms with Crippen molar-refractivity contribution < 1.29 is 14.4 Å². The Morgan fingerprint density at radius 3 is 2.27 bits per heavy atom. The van der Waals surface area contributed by atoms with Gasteiger partial charge in [0.05, 0.1) is 12.2 Å². The summed E-state index contributed by atoms with van der Waals surface area (Å²) in [7, 11) is 0. The van der Waals surface area contributed by atoms with Gasteiger partial charge in [-0.15, -0.1) is 0 Å². The molecule has 0 saturated heterocycles. The molecule has 0 aromatic heterocycles. The third-order valence-corrected chi connectivity index (χ3v) is 6.05. The smallest absolute Gasteiger partial charge is 0.258 e. The minimum absolute atomic E-state index is 0.113. The minimum atomic E-state index is -0.242. The summed E-state index contributed by atoms with van der Waals surface area (Å²) >= 11 is 3.54. The van der Waals surface area contributed by atoms with Crippen molar-refractivity contribution in [2.75, 3.05) is 0 Å². The van der Waals surface area contributed by atoms with Crippen LogP contribution in [-0.2, 0) is 22.7 Å². The van der Waals surface area contributed by atoms with E-state index in [4.69, 9.17) is 0 Å². The number of nitrogens with zero attached hydrogens (tertiary/aromatic N) is 1. The van der Waals surface area contributed by atoms with Gasteiger partial charge in [-0.1, -0.05) is 64.5 Å². The van der Waals surface area contributed by atoms with Gasteiger partial charge in [-0.25, -0.2) is 0 Å². The number of carbonyl (C=O) groups excluding carboxylic acids is 3. The summed E-state index contributed by atoms with van der Waals surface area (Å²) in [6, 6.07) is 22.7. The number of Topliss-reactive ketones (excluding diaryl/α,β-unsaturated/α-hetero) is 1. The number of nitrogens with one attached hydrogen (secondary N) is 1. The van der Waals surface area contributed by atoms with Crippen LogP contribution in [0.25, 0.3) is 5.57 Å². The largest absolute Gasteiger partial charge is 0.352 e. The Labute approximate surface area is 201 Å². The molecule has 2 amide bonds. The van der Waals surface area contributed by atoms with Gasteiger partial charge in [-0.3, -0.25) is 19.3 Å². The van der Waals surface area contributed by atoms with Gasteiger partial charge in [-0.05, 0) is 46.5 Å². The Bertz CT molecular complexity index is 1260. The number of fused-ring (bicyclic) bond motifs is 1. The van der Waals surface area contributed by atoms with E-state index < -0.39 is 0 Å². The van der Waals surface area contributed by atoms with E-state index in [1.165, 1.54) is 13.8 Å². The second-order valence-corrected chi connectivity index (χ2v) is 8.86. The van der Waals surface area contributed by atoms with E-state index in [9.17, 15) is 14.4 Å². The molecule has 1 aliphatic heterocycles. The first kappa shape index (κ1) is 22.7. The van der Waals surface area contributed by atoms with Crippen molar-refractivity contribution in [3.8, 4) is 0 Å². The van der Waals surface area contributed by atoms with E-state index in [1.807, 2.05) is 60.7 Å². The van der Waals surface area contributed by atoms with Crippen LogP contribution in [0.1, 0.15) is 46.5 Å². The number of allylic oxidation sites excluding steroid dienone is 1. The number of amides is 2. The molecule has 33 heavy (non-hydrogen) atoms. The second-order valence-electron chi connectivity index (χ2n) is 7.95. The lowest BCUT2D eigenvalue weighted by atomic mass is 9.87. The van der Waals surface area contributed by atoms with Crippen LogP contribution in [0.4, 0.5) is 0 Å². The van der Waals surface area contributed by atoms with Crippen molar-refractivity contribution in [1.29, 1.82) is 0 Å². The zero-order valence-electron chi connectivity index (χ0n) is 18.4. The van der Waals surface area contributed by atoms with Gasteiger partial charge in [0, 0.05) is 36.0 Å². The summed E-state index contributed by atoms with van der Waals surface area (Å²) in [4.78, 5) is 39.3. The van der Waals surface area contributed by atoms with Gasteiger partial charge >= 0.3 is 0 Å². The fraction of sp³-hybridized carbons (Fsp3) is 0.148. The van der Waals surface area contributed by atoms with Gasteiger partial charge < -0.3 is 5.32 Å². The molecule has 6 heteroatoms. The lowest BCUT2D eigenvalue weighted by molar-refractivity contribution is -0.119. The molecular weight excluding hydrogens is 480 g/mol. The van der Waals surface area contributed by atoms with Gasteiger partial charge in [-0.2, -0.15) is 0 Å². The molecule has 1 N–H and O–H groups in total. The maximum atomic E-state index is 13.6. The number of ketones is 1. The lowest BCUT2D eigenvalue weighted by Crippen LogP contribution is -2.36. The lowest BCUT2D eigenvalue weighted by Gasteiger charge is -2.33. The Morgan fingerprint density at radius 1 is 0.939 bits per heavy atom. The molecule has 0 aliphatic carbocycles. The first-order valence-electron chi connectivity index (χ1n) is 10.6. The molecule has 3 aromatic carbocycles. The molecule has 0 saturated carbocycles. The van der Waals surface area contributed by atoms with Crippen LogP contribution in [0, 0.1) is 0 Å². The molecule has 166 valence electrons. The normalized spacial score (nSPS) is 12.9. The molecule has 0 spiro atoms. The molecule has 0 fully saturated rings. The number of rotatable bonds is 5. The highest BCUT2D eigenvalue weighted by Crippen LogP contribution is 2.38. The molecule has 0 radical (unpaired) electrons. The zero-order chi connectivity index (χ0) is 23.5. The second kappa shape index (κ2) is 9.55. The van der Waals surface area contributed by atoms with Gasteiger partial charge in [0.15, 0.2) is 5.78 Å². The molecular formula is C27H23BrN2O3. The van der Waals surface area contributed by atoms with Crippen molar-refractivity contribution in [2.45, 2.75) is 26.9 Å². The molecule has 1 heterocycles. The van der Waals surface area contributed by atoms with E-state index in [0.717, 1.165) is 32.3 Å². The van der Waals surface area contributed by atoms with Crippen LogP contribution in [0.2, 0.25) is 0 Å². The summed E-state index contributed by atoms with van der Waals surface area (Å²) in [5.74, 6) is -0.526. The Balaban J connectivity index is 1.80. The topological polar surface area (TPSA) is 66.5 Å². The van der Waals surface area contributed by atoms with Crippen LogP contribution >= 0.6 is 15.9 Å². The molecule has 0 unspecified atom stereocenters. The van der Waals surface area contributed by atoms with Crippen molar-refractivity contribution in [3.63, 3.8) is 0 Å². The van der Waals surface area contributed by atoms with E-state index >= 15 is 0 Å². The maximum Gasteiger partial charge on any atom is 0.258 e. The Kier molecular flexibility index (Phi) is 6.56. The summed E-state index contributed by atoms with van der Waals surface area (Å²) in [6.07, 6.45) is 0. The van der Waals surface area contributed by atoms with Crippen LogP contribution in [0.15, 0.2) is 83.0 Å². The van der Waals surface area contributed by atoms with Crippen LogP contribution in [0.5, 0.6) is 0 Å². The highest BCUT2D eigenvalue weighted by atomic mass is 79.9. The number of benzene rings is 3. The van der Waals surface area contributed by atoms with E-state index in [1.54, 1.807) is 17.0 Å². The average Bonchev–Trinajstić information content (AvgIpc) is 2.81. The third kappa shape index (κ3) is 4.81. The maximum absolute atomic E-state index is 13.6. The fourth-order valence-electron chi connectivity index (χ4n) is 4.02. The first-order chi connectivity index (χ1) is 15.8. The molecule has 4 rings (SSSR count). The number of carbonyl (C=O) groups is 3. The van der Waals surface area contributed by atoms with Crippen LogP contribution in [0.3, 0.4) is 0 Å². The highest BCUT2D eigenvalue weighted by Gasteiger charge is 2.32. The summed E-state index contributed by atoms with van der Waals surface area (Å²) in [5, 5.41) is 2.75. The van der Waals surface area contributed by atoms with Crippen LogP contribution < -0.4 is 5.32 Å². The predicted octanol–water partition coefficient (Wildman–Crippen LogP) is 5.09. The summed E-state index contributed by atoms with van der Waals surface area (Å²) in [5.41, 5.74) is 5.30. The Hall–Kier alpha value is -3.51. The van der Waals surface area contributed by atoms with Gasteiger partial charge in [0.25, 0.3) is 5.91 Å². The van der Waals surface area contributed by atoms with E-state index in [2.05, 4.69) is 21.2 Å². The molecule has 5 nitrogen and oxygen atoms in total. The predicted molar refractivity (Wildman–Crippen MR) is 131 cm³/mol. The number of hydrogen-bond donors (Lipinski definition) is 1. The highest BCUT2D eigenvalue weighted by molar-refractivity contribution is 9.10. The number of halogens is 1. The number of hydrogen-bond acceptors (Lipinski definition) is 3. The third-order valence-electron chi connectivity index (χ3n) is 5.56. The standard InChI is InChI=1S/C27H23BrN2O3/c1-17(31)26-25(20-6-4-3-5-7-20)24-14-23(28)13-12-22(24)16-30(26)27(33)21-10-8-19(9-11-21)15-29-18(2)32/h3-14H,15-16H2,1-2H3,(H,29,32). The molecule has 1 aliphatic rings. The molecule has 3 aromatic rings. The SMILES string of the molecule is CC(=O)NCc1ccc(C(=O)N2Cc3ccc(Br)cc3C(c3ccccc3)=C2C(C)=O)cc1. The van der Waals surface area contributed by atoms with Crippen molar-refractivity contribution in [3.05, 3.63) is 111 Å².